The van der Waals surface area contributed by atoms with E-state index in [0.717, 1.165) is 32.1 Å². The van der Waals surface area contributed by atoms with Crippen molar-refractivity contribution in [3.05, 3.63) is 0 Å². The van der Waals surface area contributed by atoms with Gasteiger partial charge in [0.25, 0.3) is 0 Å². The van der Waals surface area contributed by atoms with Crippen molar-refractivity contribution in [2.45, 2.75) is 50.6 Å². The Bertz CT molecular complexity index is 302. The number of carbonyl (C=O) groups is 2. The van der Waals surface area contributed by atoms with E-state index in [1.54, 1.807) is 0 Å². The summed E-state index contributed by atoms with van der Waals surface area (Å²) in [5.74, 6) is -0.920. The Labute approximate surface area is 101 Å². The molecule has 2 atom stereocenters. The van der Waals surface area contributed by atoms with Gasteiger partial charge in [-0.25, -0.2) is 0 Å². The van der Waals surface area contributed by atoms with Gasteiger partial charge in [0.2, 0.25) is 5.91 Å². The lowest BCUT2D eigenvalue weighted by Gasteiger charge is -2.27. The minimum absolute atomic E-state index is 0.0324. The van der Waals surface area contributed by atoms with Gasteiger partial charge in [0.15, 0.2) is 0 Å². The molecule has 2 fully saturated rings. The molecule has 0 heterocycles. The number of carboxylic acid groups (broad SMARTS) is 1. The fourth-order valence-corrected chi connectivity index (χ4v) is 2.34. The monoisotopic (exact) mass is 240 g/mol. The number of carbonyl (C=O) groups excluding carboxylic acids is 1. The highest BCUT2D eigenvalue weighted by Gasteiger charge is 2.27. The molecule has 2 aliphatic carbocycles. The first-order chi connectivity index (χ1) is 8.15. The van der Waals surface area contributed by atoms with Crippen LogP contribution >= 0.6 is 0 Å². The summed E-state index contributed by atoms with van der Waals surface area (Å²) in [6.45, 7) is 0.313. The molecule has 0 bridgehead atoms. The largest absolute Gasteiger partial charge is 0.481 e. The molecule has 0 spiro atoms. The highest BCUT2D eigenvalue weighted by molar-refractivity contribution is 5.78. The van der Waals surface area contributed by atoms with Gasteiger partial charge in [-0.2, -0.15) is 0 Å². The van der Waals surface area contributed by atoms with E-state index < -0.39 is 5.97 Å². The number of aliphatic carboxylic acids is 1. The molecule has 0 aliphatic heterocycles. The van der Waals surface area contributed by atoms with Crippen LogP contribution in [-0.2, 0) is 9.59 Å². The van der Waals surface area contributed by atoms with Crippen LogP contribution in [0.2, 0.25) is 0 Å². The van der Waals surface area contributed by atoms with Crippen LogP contribution in [-0.4, -0.2) is 35.6 Å². The number of rotatable bonds is 5. The Morgan fingerprint density at radius 1 is 1.12 bits per heavy atom. The highest BCUT2D eigenvalue weighted by Crippen LogP contribution is 2.24. The van der Waals surface area contributed by atoms with Crippen LogP contribution in [0.1, 0.15) is 38.5 Å². The summed E-state index contributed by atoms with van der Waals surface area (Å²) in [6.07, 6.45) is 5.50. The third kappa shape index (κ3) is 4.00. The van der Waals surface area contributed by atoms with Crippen LogP contribution in [0.15, 0.2) is 0 Å². The lowest BCUT2D eigenvalue weighted by molar-refractivity contribution is -0.143. The molecule has 3 N–H and O–H groups in total. The molecule has 0 aromatic carbocycles. The SMILES string of the molecule is O=C(CNC1CCCC(C(=O)O)C1)NC1CC1. The number of hydrogen-bond donors (Lipinski definition) is 3. The van der Waals surface area contributed by atoms with Gasteiger partial charge in [0.1, 0.15) is 0 Å². The molecule has 2 rings (SSSR count). The second-order valence-electron chi connectivity index (χ2n) is 5.12. The normalized spacial score (nSPS) is 28.7. The number of hydrogen-bond acceptors (Lipinski definition) is 3. The summed E-state index contributed by atoms with van der Waals surface area (Å²) in [7, 11) is 0. The summed E-state index contributed by atoms with van der Waals surface area (Å²) in [5, 5.41) is 15.0. The van der Waals surface area contributed by atoms with Gasteiger partial charge >= 0.3 is 5.97 Å². The van der Waals surface area contributed by atoms with Crippen LogP contribution in [0.5, 0.6) is 0 Å². The van der Waals surface area contributed by atoms with Crippen molar-refractivity contribution in [3.8, 4) is 0 Å². The van der Waals surface area contributed by atoms with Crippen LogP contribution in [0.3, 0.4) is 0 Å². The van der Waals surface area contributed by atoms with Gasteiger partial charge in [0, 0.05) is 12.1 Å². The zero-order valence-electron chi connectivity index (χ0n) is 9.95. The van der Waals surface area contributed by atoms with Gasteiger partial charge in [0.05, 0.1) is 12.5 Å². The molecule has 2 aliphatic rings. The topological polar surface area (TPSA) is 78.4 Å². The standard InChI is InChI=1S/C12H20N2O3/c15-11(14-9-4-5-9)7-13-10-3-1-2-8(6-10)12(16)17/h8-10,13H,1-7H2,(H,14,15)(H,16,17). The van der Waals surface area contributed by atoms with E-state index in [1.807, 2.05) is 0 Å². The van der Waals surface area contributed by atoms with Gasteiger partial charge in [-0.05, 0) is 32.1 Å². The highest BCUT2D eigenvalue weighted by atomic mass is 16.4. The summed E-state index contributed by atoms with van der Waals surface area (Å²) >= 11 is 0. The number of nitrogens with one attached hydrogen (secondary N) is 2. The fraction of sp³-hybridized carbons (Fsp3) is 0.833. The molecule has 0 aromatic rings. The van der Waals surface area contributed by atoms with Gasteiger partial charge in [-0.15, -0.1) is 0 Å². The quantitative estimate of drug-likeness (QED) is 0.654. The van der Waals surface area contributed by atoms with E-state index in [0.29, 0.717) is 19.0 Å². The summed E-state index contributed by atoms with van der Waals surface area (Å²) < 4.78 is 0. The molecule has 0 radical (unpaired) electrons. The van der Waals surface area contributed by atoms with Crippen molar-refractivity contribution in [1.82, 2.24) is 10.6 Å². The van der Waals surface area contributed by atoms with Crippen molar-refractivity contribution in [2.75, 3.05) is 6.54 Å². The molecule has 17 heavy (non-hydrogen) atoms. The van der Waals surface area contributed by atoms with E-state index in [1.165, 1.54) is 0 Å². The minimum atomic E-state index is -0.709. The molecular formula is C12H20N2O3. The van der Waals surface area contributed by atoms with Crippen LogP contribution in [0, 0.1) is 5.92 Å². The third-order valence-electron chi connectivity index (χ3n) is 3.52. The molecule has 1 amide bonds. The summed E-state index contributed by atoms with van der Waals surface area (Å²) in [5.41, 5.74) is 0. The summed E-state index contributed by atoms with van der Waals surface area (Å²) in [6, 6.07) is 0.567. The smallest absolute Gasteiger partial charge is 0.306 e. The lowest BCUT2D eigenvalue weighted by Crippen LogP contribution is -2.42. The molecule has 96 valence electrons. The first-order valence-electron chi connectivity index (χ1n) is 6.40. The molecule has 0 saturated heterocycles. The van der Waals surface area contributed by atoms with E-state index in [2.05, 4.69) is 10.6 Å². The maximum atomic E-state index is 11.5. The first kappa shape index (κ1) is 12.4. The molecule has 5 nitrogen and oxygen atoms in total. The predicted molar refractivity (Wildman–Crippen MR) is 62.5 cm³/mol. The second-order valence-corrected chi connectivity index (χ2v) is 5.12. The maximum absolute atomic E-state index is 11.5. The van der Waals surface area contributed by atoms with Gasteiger partial charge < -0.3 is 15.7 Å². The zero-order chi connectivity index (χ0) is 12.3. The summed E-state index contributed by atoms with van der Waals surface area (Å²) in [4.78, 5) is 22.3. The van der Waals surface area contributed by atoms with Crippen molar-refractivity contribution in [1.29, 1.82) is 0 Å². The Hall–Kier alpha value is -1.10. The third-order valence-corrected chi connectivity index (χ3v) is 3.52. The van der Waals surface area contributed by atoms with Crippen LogP contribution < -0.4 is 10.6 Å². The fourth-order valence-electron chi connectivity index (χ4n) is 2.34. The van der Waals surface area contributed by atoms with Crippen LogP contribution in [0.25, 0.3) is 0 Å². The molecule has 2 unspecified atom stereocenters. The molecular weight excluding hydrogens is 220 g/mol. The molecule has 0 aromatic heterocycles. The van der Waals surface area contributed by atoms with E-state index in [9.17, 15) is 9.59 Å². The van der Waals surface area contributed by atoms with Gasteiger partial charge in [-0.3, -0.25) is 9.59 Å². The van der Waals surface area contributed by atoms with E-state index in [4.69, 9.17) is 5.11 Å². The average Bonchev–Trinajstić information content (AvgIpc) is 3.11. The van der Waals surface area contributed by atoms with Crippen molar-refractivity contribution < 1.29 is 14.7 Å². The number of carboxylic acids is 1. The lowest BCUT2D eigenvalue weighted by atomic mass is 9.86. The Kier molecular flexibility index (Phi) is 3.99. The van der Waals surface area contributed by atoms with Crippen molar-refractivity contribution in [2.24, 2.45) is 5.92 Å². The van der Waals surface area contributed by atoms with E-state index in [-0.39, 0.29) is 17.9 Å². The van der Waals surface area contributed by atoms with E-state index >= 15 is 0 Å². The second kappa shape index (κ2) is 5.49. The predicted octanol–water partition coefficient (Wildman–Crippen LogP) is 0.498. The Morgan fingerprint density at radius 3 is 2.53 bits per heavy atom. The molecule has 2 saturated carbocycles. The van der Waals surface area contributed by atoms with Gasteiger partial charge in [-0.1, -0.05) is 6.42 Å². The van der Waals surface area contributed by atoms with Crippen molar-refractivity contribution in [3.63, 3.8) is 0 Å². The minimum Gasteiger partial charge on any atom is -0.481 e. The number of amides is 1. The van der Waals surface area contributed by atoms with Crippen molar-refractivity contribution >= 4 is 11.9 Å². The maximum Gasteiger partial charge on any atom is 0.306 e. The zero-order valence-corrected chi connectivity index (χ0v) is 9.95. The van der Waals surface area contributed by atoms with Crippen LogP contribution in [0.4, 0.5) is 0 Å². The first-order valence-corrected chi connectivity index (χ1v) is 6.40. The Morgan fingerprint density at radius 2 is 1.88 bits per heavy atom. The average molecular weight is 240 g/mol. The Balaban J connectivity index is 1.67. The molecule has 5 heteroatoms.